The summed E-state index contributed by atoms with van der Waals surface area (Å²) in [6.07, 6.45) is 1.02. The van der Waals surface area contributed by atoms with Crippen LogP contribution in [0.3, 0.4) is 0 Å². The number of thioether (sulfide) groups is 1. The van der Waals surface area contributed by atoms with Gasteiger partial charge in [0, 0.05) is 12.0 Å². The fourth-order valence-corrected chi connectivity index (χ4v) is 4.38. The number of anilines is 1. The maximum atomic E-state index is 13.1. The lowest BCUT2D eigenvalue weighted by molar-refractivity contribution is -0.763. The molecule has 1 aliphatic heterocycles. The number of nitrogens with one attached hydrogen (secondary N) is 1. The van der Waals surface area contributed by atoms with E-state index in [9.17, 15) is 9.59 Å². The number of para-hydroxylation sites is 1. The first-order valence-corrected chi connectivity index (χ1v) is 11.0. The molecule has 2 heterocycles. The average molecular weight is 456 g/mol. The molecular weight excluding hydrogens is 432 g/mol. The van der Waals surface area contributed by atoms with Crippen LogP contribution in [0.2, 0.25) is 0 Å². The van der Waals surface area contributed by atoms with E-state index in [1.807, 2.05) is 24.5 Å². The van der Waals surface area contributed by atoms with Crippen LogP contribution in [-0.4, -0.2) is 43.6 Å². The zero-order valence-electron chi connectivity index (χ0n) is 18.3. The van der Waals surface area contributed by atoms with Gasteiger partial charge in [-0.3, -0.25) is 14.6 Å². The molecule has 1 aliphatic rings. The number of ether oxygens (including phenoxy) is 3. The van der Waals surface area contributed by atoms with Crippen LogP contribution in [0.4, 0.5) is 5.69 Å². The summed E-state index contributed by atoms with van der Waals surface area (Å²) in [6.45, 7) is 1.48. The van der Waals surface area contributed by atoms with Gasteiger partial charge >= 0.3 is 11.3 Å². The van der Waals surface area contributed by atoms with Crippen molar-refractivity contribution >= 4 is 23.4 Å². The van der Waals surface area contributed by atoms with Gasteiger partial charge in [-0.1, -0.05) is 23.9 Å². The molecule has 1 aromatic heterocycles. The van der Waals surface area contributed by atoms with Crippen LogP contribution in [-0.2, 0) is 4.79 Å². The number of nitrogens with zero attached hydrogens (tertiary/aromatic N) is 3. The summed E-state index contributed by atoms with van der Waals surface area (Å²) in [6, 6.07) is 10.8. The summed E-state index contributed by atoms with van der Waals surface area (Å²) in [5.74, 6) is 1.03. The predicted molar refractivity (Wildman–Crippen MR) is 120 cm³/mol. The van der Waals surface area contributed by atoms with Crippen molar-refractivity contribution in [2.45, 2.75) is 18.2 Å². The Labute approximate surface area is 188 Å². The van der Waals surface area contributed by atoms with Crippen molar-refractivity contribution in [2.24, 2.45) is 0 Å². The Hall–Kier alpha value is -3.53. The second kappa shape index (κ2) is 8.54. The lowest BCUT2D eigenvalue weighted by atomic mass is 10.0. The largest absolute Gasteiger partial charge is 0.493 e. The molecule has 0 saturated carbocycles. The Morgan fingerprint density at radius 2 is 1.81 bits per heavy atom. The number of benzene rings is 2. The SMILES string of the molecule is COc1ccc([C@H]2N(C(C)=O)c3ccccc3-c3c(=O)[nH]c(SC)n[n+]32)c(OC)c1OC. The summed E-state index contributed by atoms with van der Waals surface area (Å²) in [7, 11) is 4.56. The minimum absolute atomic E-state index is 0.217. The monoisotopic (exact) mass is 455 g/mol. The van der Waals surface area contributed by atoms with Crippen molar-refractivity contribution in [1.29, 1.82) is 0 Å². The highest BCUT2D eigenvalue weighted by atomic mass is 32.2. The Morgan fingerprint density at radius 3 is 2.44 bits per heavy atom. The van der Waals surface area contributed by atoms with Crippen molar-refractivity contribution in [1.82, 2.24) is 10.1 Å². The molecule has 0 fully saturated rings. The predicted octanol–water partition coefficient (Wildman–Crippen LogP) is 2.39. The fraction of sp³-hybridized carbons (Fsp3) is 0.273. The number of amides is 1. The van der Waals surface area contributed by atoms with Crippen molar-refractivity contribution in [3.05, 3.63) is 52.3 Å². The van der Waals surface area contributed by atoms with E-state index in [2.05, 4.69) is 10.1 Å². The number of rotatable bonds is 5. The molecule has 0 bridgehead atoms. The van der Waals surface area contributed by atoms with Crippen molar-refractivity contribution in [2.75, 3.05) is 32.5 Å². The number of methoxy groups -OCH3 is 3. The van der Waals surface area contributed by atoms with E-state index in [1.54, 1.807) is 27.8 Å². The molecule has 0 saturated heterocycles. The standard InChI is InChI=1S/C22H22N4O5S/c1-12(27)25-15-9-7-6-8-13(15)17-20(28)23-22(32-5)24-26(17)21(25)14-10-11-16(29-2)19(31-4)18(14)30-3/h6-11,21H,1-5H3/p+1/t21-/m0/s1. The van der Waals surface area contributed by atoms with Crippen LogP contribution in [0.1, 0.15) is 18.7 Å². The Kier molecular flexibility index (Phi) is 5.79. The summed E-state index contributed by atoms with van der Waals surface area (Å²) < 4.78 is 18.2. The van der Waals surface area contributed by atoms with E-state index in [4.69, 9.17) is 14.2 Å². The number of aromatic nitrogens is 3. The molecule has 10 heteroatoms. The van der Waals surface area contributed by atoms with Gasteiger partial charge in [0.15, 0.2) is 11.5 Å². The molecule has 0 aliphatic carbocycles. The lowest BCUT2D eigenvalue weighted by Gasteiger charge is -2.32. The molecule has 166 valence electrons. The first-order valence-electron chi connectivity index (χ1n) is 9.75. The second-order valence-electron chi connectivity index (χ2n) is 6.96. The number of aromatic amines is 1. The van der Waals surface area contributed by atoms with Gasteiger partial charge in [0.2, 0.25) is 16.8 Å². The Bertz CT molecular complexity index is 1260. The van der Waals surface area contributed by atoms with Crippen molar-refractivity contribution in [3.8, 4) is 28.5 Å². The van der Waals surface area contributed by atoms with Gasteiger partial charge in [0.25, 0.3) is 6.17 Å². The van der Waals surface area contributed by atoms with Crippen molar-refractivity contribution in [3.63, 3.8) is 0 Å². The second-order valence-corrected chi connectivity index (χ2v) is 7.75. The van der Waals surface area contributed by atoms with Crippen LogP contribution in [0, 0.1) is 0 Å². The van der Waals surface area contributed by atoms with Gasteiger partial charge < -0.3 is 14.2 Å². The molecule has 1 N–H and O–H groups in total. The molecule has 2 aromatic carbocycles. The van der Waals surface area contributed by atoms with Gasteiger partial charge in [0.05, 0.1) is 38.1 Å². The van der Waals surface area contributed by atoms with Crippen LogP contribution in [0.15, 0.2) is 46.3 Å². The minimum Gasteiger partial charge on any atom is -0.493 e. The number of carbonyl (C=O) groups excluding carboxylic acids is 1. The molecule has 0 unspecified atom stereocenters. The molecule has 9 nitrogen and oxygen atoms in total. The molecule has 32 heavy (non-hydrogen) atoms. The lowest BCUT2D eigenvalue weighted by Crippen LogP contribution is -2.60. The molecule has 3 aromatic rings. The molecule has 4 rings (SSSR count). The highest BCUT2D eigenvalue weighted by Gasteiger charge is 2.46. The number of fused-ring (bicyclic) bond motifs is 3. The third-order valence-electron chi connectivity index (χ3n) is 5.30. The highest BCUT2D eigenvalue weighted by Crippen LogP contribution is 2.45. The molecule has 0 radical (unpaired) electrons. The molecule has 0 spiro atoms. The number of hydrogen-bond acceptors (Lipinski definition) is 7. The zero-order valence-corrected chi connectivity index (χ0v) is 19.1. The third-order valence-corrected chi connectivity index (χ3v) is 5.87. The van der Waals surface area contributed by atoms with E-state index in [0.717, 1.165) is 0 Å². The zero-order chi connectivity index (χ0) is 23.0. The normalized spacial score (nSPS) is 14.4. The minimum atomic E-state index is -0.791. The first kappa shape index (κ1) is 21.7. The molecular formula is C22H23N4O5S+. The van der Waals surface area contributed by atoms with Crippen LogP contribution < -0.4 is 29.4 Å². The van der Waals surface area contributed by atoms with E-state index in [1.165, 1.54) is 40.0 Å². The Morgan fingerprint density at radius 1 is 1.09 bits per heavy atom. The maximum absolute atomic E-state index is 13.1. The molecule has 1 atom stereocenters. The Balaban J connectivity index is 2.12. The quantitative estimate of drug-likeness (QED) is 0.466. The van der Waals surface area contributed by atoms with Crippen LogP contribution >= 0.6 is 11.8 Å². The maximum Gasteiger partial charge on any atom is 0.325 e. The van der Waals surface area contributed by atoms with Gasteiger partial charge in [-0.25, -0.2) is 4.90 Å². The summed E-state index contributed by atoms with van der Waals surface area (Å²) in [5, 5.41) is 5.08. The van der Waals surface area contributed by atoms with Gasteiger partial charge in [-0.2, -0.15) is 0 Å². The van der Waals surface area contributed by atoms with Crippen molar-refractivity contribution < 1.29 is 23.7 Å². The summed E-state index contributed by atoms with van der Waals surface area (Å²) >= 11 is 1.30. The number of H-pyrrole nitrogens is 1. The molecule has 1 amide bonds. The van der Waals surface area contributed by atoms with E-state index < -0.39 is 6.17 Å². The fourth-order valence-electron chi connectivity index (χ4n) is 4.01. The average Bonchev–Trinajstić information content (AvgIpc) is 2.81. The van der Waals surface area contributed by atoms with E-state index in [0.29, 0.717) is 44.9 Å². The number of carbonyl (C=O) groups is 1. The van der Waals surface area contributed by atoms with Gasteiger partial charge in [-0.15, -0.1) is 0 Å². The topological polar surface area (TPSA) is 97.6 Å². The van der Waals surface area contributed by atoms with Gasteiger partial charge in [-0.05, 0) is 35.2 Å². The number of hydrogen-bond donors (Lipinski definition) is 1. The highest BCUT2D eigenvalue weighted by molar-refractivity contribution is 7.98. The summed E-state index contributed by atoms with van der Waals surface area (Å²) in [5.41, 5.74) is 1.85. The van der Waals surface area contributed by atoms with E-state index in [-0.39, 0.29) is 11.5 Å². The smallest absolute Gasteiger partial charge is 0.325 e. The summed E-state index contributed by atoms with van der Waals surface area (Å²) in [4.78, 5) is 30.5. The van der Waals surface area contributed by atoms with Crippen LogP contribution in [0.5, 0.6) is 17.2 Å². The van der Waals surface area contributed by atoms with E-state index >= 15 is 0 Å². The first-order chi connectivity index (χ1) is 15.5. The van der Waals surface area contributed by atoms with Gasteiger partial charge in [0.1, 0.15) is 0 Å². The third kappa shape index (κ3) is 3.27. The van der Waals surface area contributed by atoms with Crippen LogP contribution in [0.25, 0.3) is 11.3 Å².